The van der Waals surface area contributed by atoms with Gasteiger partial charge in [-0.05, 0) is 5.41 Å². The Bertz CT molecular complexity index is 369. The van der Waals surface area contributed by atoms with E-state index in [0.717, 1.165) is 0 Å². The van der Waals surface area contributed by atoms with Gasteiger partial charge in [-0.1, -0.05) is 28.2 Å². The first-order valence-electron chi connectivity index (χ1n) is 5.84. The zero-order valence-electron chi connectivity index (χ0n) is 12.0. The van der Waals surface area contributed by atoms with Crippen molar-refractivity contribution < 1.29 is 18.9 Å². The van der Waals surface area contributed by atoms with E-state index in [4.69, 9.17) is 18.9 Å². The minimum Gasteiger partial charge on any atom is -0.493 e. The second-order valence-electron chi connectivity index (χ2n) is 5.21. The first-order chi connectivity index (χ1) is 8.41. The molecule has 0 saturated carbocycles. The van der Waals surface area contributed by atoms with E-state index >= 15 is 0 Å². The van der Waals surface area contributed by atoms with E-state index in [0.29, 0.717) is 29.6 Å². The summed E-state index contributed by atoms with van der Waals surface area (Å²) in [6, 6.07) is 3.60. The summed E-state index contributed by atoms with van der Waals surface area (Å²) in [5.41, 5.74) is 0.0976. The van der Waals surface area contributed by atoms with Crippen LogP contribution in [-0.2, 0) is 0 Å². The van der Waals surface area contributed by atoms with E-state index in [1.165, 1.54) is 0 Å². The van der Waals surface area contributed by atoms with Crippen LogP contribution in [0.1, 0.15) is 28.2 Å². The van der Waals surface area contributed by atoms with Gasteiger partial charge in [0.15, 0.2) is 11.5 Å². The van der Waals surface area contributed by atoms with Crippen molar-refractivity contribution in [2.24, 2.45) is 5.41 Å². The van der Waals surface area contributed by atoms with Crippen LogP contribution in [0.5, 0.6) is 23.0 Å². The molecule has 4 heteroatoms. The maximum atomic E-state index is 5.74. The predicted octanol–water partition coefficient (Wildman–Crippen LogP) is 3.77. The minimum atomic E-state index is 0. The number of ether oxygens (including phenoxy) is 4. The average Bonchev–Trinajstić information content (AvgIpc) is 2.33. The summed E-state index contributed by atoms with van der Waals surface area (Å²) in [4.78, 5) is 0. The fraction of sp³-hybridized carbons (Fsp3) is 0.600. The van der Waals surface area contributed by atoms with Crippen LogP contribution in [0.15, 0.2) is 12.1 Å². The Balaban J connectivity index is 0.00000324. The molecule has 1 aromatic rings. The van der Waals surface area contributed by atoms with Gasteiger partial charge in [-0.2, -0.15) is 0 Å². The van der Waals surface area contributed by atoms with E-state index in [-0.39, 0.29) is 12.8 Å². The molecule has 4 nitrogen and oxygen atoms in total. The lowest BCUT2D eigenvalue weighted by atomic mass is 9.99. The van der Waals surface area contributed by atoms with Crippen LogP contribution < -0.4 is 18.9 Å². The Labute approximate surface area is 116 Å². The molecular weight excluding hydrogens is 244 g/mol. The summed E-state index contributed by atoms with van der Waals surface area (Å²) in [5.74, 6) is 2.48. The third-order valence-corrected chi connectivity index (χ3v) is 2.31. The molecule has 0 spiro atoms. The lowest BCUT2D eigenvalue weighted by Crippen LogP contribution is -2.16. The number of hydrogen-bond donors (Lipinski definition) is 0. The minimum absolute atomic E-state index is 0. The predicted molar refractivity (Wildman–Crippen MR) is 77.8 cm³/mol. The molecule has 0 aromatic heterocycles. The summed E-state index contributed by atoms with van der Waals surface area (Å²) in [6.07, 6.45) is 0. The topological polar surface area (TPSA) is 36.9 Å². The molecule has 0 aliphatic heterocycles. The van der Waals surface area contributed by atoms with Gasteiger partial charge < -0.3 is 18.9 Å². The van der Waals surface area contributed by atoms with Gasteiger partial charge in [0.1, 0.15) is 5.75 Å². The summed E-state index contributed by atoms with van der Waals surface area (Å²) >= 11 is 0. The number of rotatable bonds is 5. The van der Waals surface area contributed by atoms with Gasteiger partial charge in [0.05, 0.1) is 27.9 Å². The fourth-order valence-electron chi connectivity index (χ4n) is 1.44. The smallest absolute Gasteiger partial charge is 0.203 e. The normalized spacial score (nSPS) is 10.4. The molecule has 19 heavy (non-hydrogen) atoms. The molecule has 0 aliphatic carbocycles. The maximum Gasteiger partial charge on any atom is 0.203 e. The molecule has 1 rings (SSSR count). The van der Waals surface area contributed by atoms with Crippen molar-refractivity contribution in [3.63, 3.8) is 0 Å². The number of methoxy groups -OCH3 is 3. The summed E-state index contributed by atoms with van der Waals surface area (Å²) < 4.78 is 21.5. The van der Waals surface area contributed by atoms with Crippen molar-refractivity contribution in [1.82, 2.24) is 0 Å². The highest BCUT2D eigenvalue weighted by Gasteiger charge is 2.16. The molecular formula is C15H26O4. The van der Waals surface area contributed by atoms with Crippen LogP contribution in [-0.4, -0.2) is 27.9 Å². The first kappa shape index (κ1) is 17.4. The van der Waals surface area contributed by atoms with Crippen LogP contribution in [0.4, 0.5) is 0 Å². The van der Waals surface area contributed by atoms with Crippen molar-refractivity contribution in [1.29, 1.82) is 0 Å². The van der Waals surface area contributed by atoms with E-state index in [2.05, 4.69) is 20.8 Å². The van der Waals surface area contributed by atoms with E-state index in [1.54, 1.807) is 33.5 Å². The van der Waals surface area contributed by atoms with Gasteiger partial charge in [-0.15, -0.1) is 0 Å². The molecule has 1 aromatic carbocycles. The third-order valence-electron chi connectivity index (χ3n) is 2.31. The van der Waals surface area contributed by atoms with Crippen molar-refractivity contribution in [2.75, 3.05) is 27.9 Å². The highest BCUT2D eigenvalue weighted by Crippen LogP contribution is 2.41. The Kier molecular flexibility index (Phi) is 6.53. The van der Waals surface area contributed by atoms with E-state index < -0.39 is 0 Å². The van der Waals surface area contributed by atoms with E-state index in [9.17, 15) is 0 Å². The lowest BCUT2D eigenvalue weighted by molar-refractivity contribution is 0.196. The molecule has 0 amide bonds. The Hall–Kier alpha value is -1.58. The quantitative estimate of drug-likeness (QED) is 0.816. The summed E-state index contributed by atoms with van der Waals surface area (Å²) in [5, 5.41) is 0. The highest BCUT2D eigenvalue weighted by atomic mass is 16.5. The average molecular weight is 270 g/mol. The van der Waals surface area contributed by atoms with Crippen LogP contribution in [0.2, 0.25) is 0 Å². The fourth-order valence-corrected chi connectivity index (χ4v) is 1.44. The number of hydrogen-bond acceptors (Lipinski definition) is 4. The Morgan fingerprint density at radius 1 is 0.895 bits per heavy atom. The Morgan fingerprint density at radius 3 is 1.68 bits per heavy atom. The van der Waals surface area contributed by atoms with Crippen LogP contribution in [0.3, 0.4) is 0 Å². The van der Waals surface area contributed by atoms with Crippen molar-refractivity contribution >= 4 is 0 Å². The van der Waals surface area contributed by atoms with Gasteiger partial charge in [0, 0.05) is 12.1 Å². The molecule has 0 radical (unpaired) electrons. The Morgan fingerprint density at radius 2 is 1.37 bits per heavy atom. The van der Waals surface area contributed by atoms with Crippen molar-refractivity contribution in [2.45, 2.75) is 28.2 Å². The molecule has 0 aliphatic rings. The second kappa shape index (κ2) is 7.12. The molecule has 0 heterocycles. The maximum absolute atomic E-state index is 5.74. The van der Waals surface area contributed by atoms with Gasteiger partial charge in [0.2, 0.25) is 5.75 Å². The monoisotopic (exact) mass is 270 g/mol. The summed E-state index contributed by atoms with van der Waals surface area (Å²) in [7, 11) is 4.76. The molecule has 0 saturated heterocycles. The molecule has 0 N–H and O–H groups in total. The zero-order valence-corrected chi connectivity index (χ0v) is 12.0. The van der Waals surface area contributed by atoms with Gasteiger partial charge in [-0.3, -0.25) is 0 Å². The van der Waals surface area contributed by atoms with Crippen molar-refractivity contribution in [3.05, 3.63) is 12.1 Å². The van der Waals surface area contributed by atoms with Crippen LogP contribution in [0, 0.1) is 5.41 Å². The lowest BCUT2D eigenvalue weighted by Gasteiger charge is -2.20. The van der Waals surface area contributed by atoms with Crippen molar-refractivity contribution in [3.8, 4) is 23.0 Å². The second-order valence-corrected chi connectivity index (χ2v) is 5.21. The SMILES string of the molecule is C.COc1cc(OCC(C)(C)C)cc(OC)c1OC. The van der Waals surface area contributed by atoms with Crippen LogP contribution >= 0.6 is 0 Å². The standard InChI is InChI=1S/C14H22O4.CH4/c1-14(2,3)9-18-10-7-11(15-4)13(17-6)12(8-10)16-5;/h7-8H,9H2,1-6H3;1H4. The van der Waals surface area contributed by atoms with E-state index in [1.807, 2.05) is 0 Å². The summed E-state index contributed by atoms with van der Waals surface area (Å²) in [6.45, 7) is 6.96. The number of benzene rings is 1. The van der Waals surface area contributed by atoms with Gasteiger partial charge >= 0.3 is 0 Å². The van der Waals surface area contributed by atoms with Gasteiger partial charge in [0.25, 0.3) is 0 Å². The molecule has 0 unspecified atom stereocenters. The first-order valence-corrected chi connectivity index (χ1v) is 5.84. The molecule has 0 bridgehead atoms. The zero-order chi connectivity index (χ0) is 13.8. The molecule has 110 valence electrons. The highest BCUT2D eigenvalue weighted by molar-refractivity contribution is 5.55. The largest absolute Gasteiger partial charge is 0.493 e. The molecule has 0 fully saturated rings. The third kappa shape index (κ3) is 4.89. The molecule has 0 atom stereocenters. The van der Waals surface area contributed by atoms with Gasteiger partial charge in [-0.25, -0.2) is 0 Å². The van der Waals surface area contributed by atoms with Crippen LogP contribution in [0.25, 0.3) is 0 Å².